The molecule has 7 heteroatoms. The van der Waals surface area contributed by atoms with E-state index in [9.17, 15) is 9.59 Å². The maximum absolute atomic E-state index is 12.1. The largest absolute Gasteiger partial charge is 0.484 e. The summed E-state index contributed by atoms with van der Waals surface area (Å²) in [5, 5.41) is 7.12. The summed E-state index contributed by atoms with van der Waals surface area (Å²) in [6.07, 6.45) is 2.03. The van der Waals surface area contributed by atoms with Gasteiger partial charge < -0.3 is 10.1 Å². The Bertz CT molecular complexity index is 976. The Kier molecular flexibility index (Phi) is 5.84. The number of nitrogens with one attached hydrogen (secondary N) is 1. The number of Topliss-reactive ketones (excluding diaryl/α,β-unsaturated/α-hetero) is 1. The molecule has 0 saturated heterocycles. The van der Waals surface area contributed by atoms with Gasteiger partial charge in [0.05, 0.1) is 17.6 Å². The molecular weight excluding hydrogens is 356 g/mol. The number of carbonyl (C=O) groups excluding carboxylic acids is 2. The van der Waals surface area contributed by atoms with Crippen molar-refractivity contribution in [2.24, 2.45) is 0 Å². The van der Waals surface area contributed by atoms with Crippen molar-refractivity contribution in [3.63, 3.8) is 0 Å². The predicted octanol–water partition coefficient (Wildman–Crippen LogP) is 3.49. The normalized spacial score (nSPS) is 10.5. The van der Waals surface area contributed by atoms with E-state index in [1.807, 2.05) is 26.8 Å². The number of aromatic nitrogens is 3. The molecule has 0 unspecified atom stereocenters. The van der Waals surface area contributed by atoms with Crippen LogP contribution in [-0.2, 0) is 4.79 Å². The molecule has 0 aliphatic heterocycles. The van der Waals surface area contributed by atoms with E-state index in [0.29, 0.717) is 29.2 Å². The lowest BCUT2D eigenvalue weighted by atomic mass is 10.1. The summed E-state index contributed by atoms with van der Waals surface area (Å²) in [5.74, 6) is 0.984. The molecule has 0 aliphatic rings. The fourth-order valence-electron chi connectivity index (χ4n) is 2.73. The minimum Gasteiger partial charge on any atom is -0.484 e. The quantitative estimate of drug-likeness (QED) is 0.636. The highest BCUT2D eigenvalue weighted by Gasteiger charge is 2.08. The average Bonchev–Trinajstić information content (AvgIpc) is 3.05. The summed E-state index contributed by atoms with van der Waals surface area (Å²) in [7, 11) is 0. The number of rotatable bonds is 7. The van der Waals surface area contributed by atoms with Crippen molar-refractivity contribution in [3.8, 4) is 11.6 Å². The number of hydrogen-bond acceptors (Lipinski definition) is 5. The zero-order valence-corrected chi connectivity index (χ0v) is 16.1. The van der Waals surface area contributed by atoms with E-state index < -0.39 is 0 Å². The number of ketones is 1. The van der Waals surface area contributed by atoms with E-state index in [1.165, 1.54) is 0 Å². The van der Waals surface area contributed by atoms with Crippen molar-refractivity contribution in [1.82, 2.24) is 14.8 Å². The molecule has 0 bridgehead atoms. The maximum Gasteiger partial charge on any atom is 0.262 e. The lowest BCUT2D eigenvalue weighted by Crippen LogP contribution is -2.20. The predicted molar refractivity (Wildman–Crippen MR) is 106 cm³/mol. The van der Waals surface area contributed by atoms with Crippen LogP contribution in [0.2, 0.25) is 0 Å². The third-order valence-electron chi connectivity index (χ3n) is 4.13. The van der Waals surface area contributed by atoms with Crippen molar-refractivity contribution in [2.45, 2.75) is 27.2 Å². The van der Waals surface area contributed by atoms with Gasteiger partial charge >= 0.3 is 0 Å². The maximum atomic E-state index is 12.1. The molecule has 1 aromatic carbocycles. The third kappa shape index (κ3) is 4.62. The molecule has 7 nitrogen and oxygen atoms in total. The zero-order valence-electron chi connectivity index (χ0n) is 16.1. The second-order valence-corrected chi connectivity index (χ2v) is 6.38. The molecule has 2 aromatic heterocycles. The van der Waals surface area contributed by atoms with E-state index in [0.717, 1.165) is 11.4 Å². The van der Waals surface area contributed by atoms with Gasteiger partial charge in [0, 0.05) is 17.7 Å². The first-order valence-corrected chi connectivity index (χ1v) is 9.02. The molecule has 1 amide bonds. The van der Waals surface area contributed by atoms with Crippen LogP contribution >= 0.6 is 0 Å². The van der Waals surface area contributed by atoms with Gasteiger partial charge in [0.15, 0.2) is 18.2 Å². The molecule has 3 aromatic rings. The molecule has 0 saturated carbocycles. The lowest BCUT2D eigenvalue weighted by molar-refractivity contribution is -0.118. The van der Waals surface area contributed by atoms with Gasteiger partial charge in [0.25, 0.3) is 5.91 Å². The summed E-state index contributed by atoms with van der Waals surface area (Å²) >= 11 is 0. The summed E-state index contributed by atoms with van der Waals surface area (Å²) in [4.78, 5) is 28.0. The van der Waals surface area contributed by atoms with Crippen LogP contribution < -0.4 is 10.1 Å². The number of aryl methyl sites for hydroxylation is 2. The van der Waals surface area contributed by atoms with Gasteiger partial charge in [0.1, 0.15) is 5.75 Å². The number of hydrogen-bond donors (Lipinski definition) is 1. The van der Waals surface area contributed by atoms with Crippen LogP contribution in [0, 0.1) is 13.8 Å². The summed E-state index contributed by atoms with van der Waals surface area (Å²) in [5.41, 5.74) is 3.11. The summed E-state index contributed by atoms with van der Waals surface area (Å²) in [6.45, 7) is 5.56. The van der Waals surface area contributed by atoms with E-state index in [1.54, 1.807) is 47.3 Å². The highest BCUT2D eigenvalue weighted by molar-refractivity contribution is 5.96. The first-order chi connectivity index (χ1) is 13.5. The molecule has 0 spiro atoms. The highest BCUT2D eigenvalue weighted by atomic mass is 16.5. The zero-order chi connectivity index (χ0) is 20.1. The van der Waals surface area contributed by atoms with E-state index in [2.05, 4.69) is 15.4 Å². The SMILES string of the molecule is CCC(=O)c1ccc(OCC(=O)Nc2ccc(-n3nc(C)cc3C)nc2)cc1. The Balaban J connectivity index is 1.55. The van der Waals surface area contributed by atoms with Gasteiger partial charge in [-0.05, 0) is 56.3 Å². The number of pyridine rings is 1. The first-order valence-electron chi connectivity index (χ1n) is 9.02. The number of anilines is 1. The van der Waals surface area contributed by atoms with Gasteiger partial charge in [-0.1, -0.05) is 6.92 Å². The van der Waals surface area contributed by atoms with Crippen LogP contribution in [0.4, 0.5) is 5.69 Å². The molecule has 0 radical (unpaired) electrons. The average molecular weight is 378 g/mol. The molecule has 0 aliphatic carbocycles. The first kappa shape index (κ1) is 19.3. The van der Waals surface area contributed by atoms with Crippen LogP contribution in [0.15, 0.2) is 48.7 Å². The second-order valence-electron chi connectivity index (χ2n) is 6.38. The van der Waals surface area contributed by atoms with Crippen molar-refractivity contribution in [2.75, 3.05) is 11.9 Å². The number of carbonyl (C=O) groups is 2. The standard InChI is InChI=1S/C21H22N4O3/c1-4-19(26)16-5-8-18(9-6-16)28-13-21(27)23-17-7-10-20(22-12-17)25-15(3)11-14(2)24-25/h5-12H,4,13H2,1-3H3,(H,23,27). The minimum absolute atomic E-state index is 0.0701. The van der Waals surface area contributed by atoms with Gasteiger partial charge in [-0.25, -0.2) is 9.67 Å². The Morgan fingerprint density at radius 3 is 2.43 bits per heavy atom. The Morgan fingerprint density at radius 2 is 1.86 bits per heavy atom. The molecular formula is C21H22N4O3. The van der Waals surface area contributed by atoms with Crippen LogP contribution in [0.1, 0.15) is 35.1 Å². The highest BCUT2D eigenvalue weighted by Crippen LogP contribution is 2.15. The van der Waals surface area contributed by atoms with Crippen molar-refractivity contribution in [1.29, 1.82) is 0 Å². The van der Waals surface area contributed by atoms with Gasteiger partial charge in [0.2, 0.25) is 0 Å². The van der Waals surface area contributed by atoms with E-state index >= 15 is 0 Å². The third-order valence-corrected chi connectivity index (χ3v) is 4.13. The monoisotopic (exact) mass is 378 g/mol. The van der Waals surface area contributed by atoms with Gasteiger partial charge in [-0.2, -0.15) is 5.10 Å². The smallest absolute Gasteiger partial charge is 0.262 e. The Morgan fingerprint density at radius 1 is 1.11 bits per heavy atom. The van der Waals surface area contributed by atoms with E-state index in [4.69, 9.17) is 4.74 Å². The Hall–Kier alpha value is -3.48. The summed E-state index contributed by atoms with van der Waals surface area (Å²) in [6, 6.07) is 12.3. The number of ether oxygens (including phenoxy) is 1. The molecule has 144 valence electrons. The van der Waals surface area contributed by atoms with Crippen LogP contribution in [0.3, 0.4) is 0 Å². The Labute approximate surface area is 163 Å². The van der Waals surface area contributed by atoms with E-state index in [-0.39, 0.29) is 18.3 Å². The van der Waals surface area contributed by atoms with Crippen LogP contribution in [0.5, 0.6) is 5.75 Å². The molecule has 28 heavy (non-hydrogen) atoms. The fraction of sp³-hybridized carbons (Fsp3) is 0.238. The fourth-order valence-corrected chi connectivity index (χ4v) is 2.73. The van der Waals surface area contributed by atoms with Crippen LogP contribution in [0.25, 0.3) is 5.82 Å². The summed E-state index contributed by atoms with van der Waals surface area (Å²) < 4.78 is 7.21. The van der Waals surface area contributed by atoms with Crippen molar-refractivity contribution in [3.05, 3.63) is 65.6 Å². The van der Waals surface area contributed by atoms with Gasteiger partial charge in [-0.15, -0.1) is 0 Å². The van der Waals surface area contributed by atoms with Gasteiger partial charge in [-0.3, -0.25) is 9.59 Å². The van der Waals surface area contributed by atoms with Crippen molar-refractivity contribution >= 4 is 17.4 Å². The second kappa shape index (κ2) is 8.47. The topological polar surface area (TPSA) is 86.1 Å². The minimum atomic E-state index is -0.297. The number of amides is 1. The molecule has 3 rings (SSSR count). The van der Waals surface area contributed by atoms with Crippen LogP contribution in [-0.4, -0.2) is 33.1 Å². The number of benzene rings is 1. The molecule has 2 heterocycles. The molecule has 0 fully saturated rings. The van der Waals surface area contributed by atoms with Crippen molar-refractivity contribution < 1.29 is 14.3 Å². The molecule has 0 atom stereocenters. The lowest BCUT2D eigenvalue weighted by Gasteiger charge is -2.09. The number of nitrogens with zero attached hydrogens (tertiary/aromatic N) is 3. The molecule has 1 N–H and O–H groups in total.